The second kappa shape index (κ2) is 8.78. The van der Waals surface area contributed by atoms with Crippen molar-refractivity contribution < 1.29 is 31.1 Å². The fraction of sp³-hybridized carbons (Fsp3) is 0.0952. The van der Waals surface area contributed by atoms with Gasteiger partial charge in [-0.25, -0.2) is 13.6 Å². The molecule has 0 aliphatic heterocycles. The van der Waals surface area contributed by atoms with Crippen LogP contribution in [0.25, 0.3) is 0 Å². The summed E-state index contributed by atoms with van der Waals surface area (Å²) in [5.74, 6) is -0.887. The molecule has 6 nitrogen and oxygen atoms in total. The topological polar surface area (TPSA) is 98.5 Å². The Morgan fingerprint density at radius 1 is 0.968 bits per heavy atom. The lowest BCUT2D eigenvalue weighted by atomic mass is 10.1. The zero-order valence-electron chi connectivity index (χ0n) is 15.9. The van der Waals surface area contributed by atoms with Crippen molar-refractivity contribution in [3.05, 3.63) is 83.9 Å². The van der Waals surface area contributed by atoms with Gasteiger partial charge < -0.3 is 10.1 Å². The normalized spacial score (nSPS) is 11.7. The average Bonchev–Trinajstić information content (AvgIpc) is 2.68. The van der Waals surface area contributed by atoms with Gasteiger partial charge in [0.15, 0.2) is 0 Å². The van der Waals surface area contributed by atoms with Crippen LogP contribution in [-0.2, 0) is 27.4 Å². The molecular formula is C21H17F3N2O4S. The number of hydrogen-bond donors (Lipinski definition) is 2. The first-order valence-electron chi connectivity index (χ1n) is 8.88. The summed E-state index contributed by atoms with van der Waals surface area (Å²) < 4.78 is 68.0. The van der Waals surface area contributed by atoms with Crippen LogP contribution in [-0.4, -0.2) is 14.3 Å². The lowest BCUT2D eigenvalue weighted by Gasteiger charge is -2.14. The Balaban J connectivity index is 1.85. The number of hydrogen-bond acceptors (Lipinski definition) is 4. The predicted molar refractivity (Wildman–Crippen MR) is 108 cm³/mol. The van der Waals surface area contributed by atoms with Crippen LogP contribution < -0.4 is 15.2 Å². The number of carbonyl (C=O) groups excluding carboxylic acids is 1. The monoisotopic (exact) mass is 450 g/mol. The Bertz CT molecular complexity index is 1200. The Hall–Kier alpha value is -3.37. The van der Waals surface area contributed by atoms with Crippen molar-refractivity contribution >= 4 is 21.6 Å². The molecule has 0 atom stereocenters. The van der Waals surface area contributed by atoms with Gasteiger partial charge in [0, 0.05) is 5.69 Å². The van der Waals surface area contributed by atoms with E-state index < -0.39 is 32.6 Å². The number of alkyl halides is 3. The molecule has 162 valence electrons. The molecule has 0 fully saturated rings. The van der Waals surface area contributed by atoms with Crippen molar-refractivity contribution in [1.82, 2.24) is 0 Å². The molecule has 1 amide bonds. The molecule has 0 saturated heterocycles. The summed E-state index contributed by atoms with van der Waals surface area (Å²) in [5.41, 5.74) is -0.0514. The number of nitrogens with one attached hydrogen (secondary N) is 1. The van der Waals surface area contributed by atoms with Crippen LogP contribution in [0.2, 0.25) is 0 Å². The fourth-order valence-electron chi connectivity index (χ4n) is 2.74. The molecule has 3 aromatic carbocycles. The highest BCUT2D eigenvalue weighted by Gasteiger charge is 2.30. The van der Waals surface area contributed by atoms with Crippen molar-refractivity contribution in [2.24, 2.45) is 5.14 Å². The Labute approximate surface area is 176 Å². The van der Waals surface area contributed by atoms with Crippen LogP contribution in [0.4, 0.5) is 18.9 Å². The van der Waals surface area contributed by atoms with E-state index in [0.29, 0.717) is 0 Å². The van der Waals surface area contributed by atoms with Crippen LogP contribution >= 0.6 is 0 Å². The molecule has 3 aromatic rings. The van der Waals surface area contributed by atoms with Gasteiger partial charge in [0.05, 0.1) is 12.0 Å². The molecule has 0 spiro atoms. The largest absolute Gasteiger partial charge is 0.456 e. The van der Waals surface area contributed by atoms with E-state index in [0.717, 1.165) is 29.8 Å². The maximum Gasteiger partial charge on any atom is 0.416 e. The van der Waals surface area contributed by atoms with E-state index >= 15 is 0 Å². The molecule has 10 heteroatoms. The number of amides is 1. The molecule has 0 saturated carbocycles. The summed E-state index contributed by atoms with van der Waals surface area (Å²) in [6, 6.07) is 16.5. The number of ether oxygens (including phenoxy) is 1. The standard InChI is InChI=1S/C21H17F3N2O4S/c22-21(23,24)15-7-4-8-17(12-15)30-18-10-9-16(13-19(18)31(25,28)29)26-20(27)11-14-5-2-1-3-6-14/h1-10,12-13H,11H2,(H,26,27)(H2,25,28,29). The van der Waals surface area contributed by atoms with Gasteiger partial charge in [-0.2, -0.15) is 13.2 Å². The third-order valence-corrected chi connectivity index (χ3v) is 5.06. The number of halogens is 3. The maximum atomic E-state index is 12.9. The van der Waals surface area contributed by atoms with E-state index in [1.54, 1.807) is 24.3 Å². The van der Waals surface area contributed by atoms with E-state index in [9.17, 15) is 26.4 Å². The highest BCUT2D eigenvalue weighted by atomic mass is 32.2. The zero-order chi connectivity index (χ0) is 22.6. The number of anilines is 1. The van der Waals surface area contributed by atoms with Gasteiger partial charge in [-0.05, 0) is 42.0 Å². The van der Waals surface area contributed by atoms with Crippen LogP contribution in [0.3, 0.4) is 0 Å². The summed E-state index contributed by atoms with van der Waals surface area (Å²) in [7, 11) is -4.31. The highest BCUT2D eigenvalue weighted by molar-refractivity contribution is 7.89. The number of benzene rings is 3. The molecule has 3 rings (SSSR count). The maximum absolute atomic E-state index is 12.9. The third kappa shape index (κ3) is 6.06. The van der Waals surface area contributed by atoms with Gasteiger partial charge in [0.25, 0.3) is 0 Å². The number of nitrogens with two attached hydrogens (primary N) is 1. The summed E-state index contributed by atoms with van der Waals surface area (Å²) in [4.78, 5) is 11.7. The van der Waals surface area contributed by atoms with E-state index in [4.69, 9.17) is 9.88 Å². The summed E-state index contributed by atoms with van der Waals surface area (Å²) in [5, 5.41) is 7.79. The minimum atomic E-state index is -4.59. The lowest BCUT2D eigenvalue weighted by molar-refractivity contribution is -0.137. The first-order chi connectivity index (χ1) is 14.5. The van der Waals surface area contributed by atoms with Gasteiger partial charge in [0.2, 0.25) is 15.9 Å². The highest BCUT2D eigenvalue weighted by Crippen LogP contribution is 2.35. The van der Waals surface area contributed by atoms with Crippen LogP contribution in [0.1, 0.15) is 11.1 Å². The van der Waals surface area contributed by atoms with Gasteiger partial charge in [-0.3, -0.25) is 4.79 Å². The van der Waals surface area contributed by atoms with Crippen molar-refractivity contribution in [2.75, 3.05) is 5.32 Å². The number of primary sulfonamides is 1. The predicted octanol–water partition coefficient (Wildman–Crippen LogP) is 4.33. The van der Waals surface area contributed by atoms with Gasteiger partial charge in [0.1, 0.15) is 16.4 Å². The zero-order valence-corrected chi connectivity index (χ0v) is 16.7. The Morgan fingerprint density at radius 2 is 1.68 bits per heavy atom. The molecule has 31 heavy (non-hydrogen) atoms. The van der Waals surface area contributed by atoms with Gasteiger partial charge in [-0.15, -0.1) is 0 Å². The first-order valence-corrected chi connectivity index (χ1v) is 10.4. The minimum Gasteiger partial charge on any atom is -0.456 e. The lowest BCUT2D eigenvalue weighted by Crippen LogP contribution is -2.17. The van der Waals surface area contributed by atoms with Gasteiger partial charge in [-0.1, -0.05) is 36.4 Å². The summed E-state index contributed by atoms with van der Waals surface area (Å²) in [6.07, 6.45) is -4.52. The minimum absolute atomic E-state index is 0.0635. The van der Waals surface area contributed by atoms with Crippen LogP contribution in [0.15, 0.2) is 77.7 Å². The smallest absolute Gasteiger partial charge is 0.416 e. The van der Waals surface area contributed by atoms with E-state index in [1.165, 1.54) is 18.2 Å². The number of sulfonamides is 1. The molecule has 0 aliphatic rings. The van der Waals surface area contributed by atoms with Crippen molar-refractivity contribution in [3.8, 4) is 11.5 Å². The molecule has 0 bridgehead atoms. The number of rotatable bonds is 6. The van der Waals surface area contributed by atoms with E-state index in [2.05, 4.69) is 5.32 Å². The number of carbonyl (C=O) groups is 1. The first kappa shape index (κ1) is 22.3. The van der Waals surface area contributed by atoms with Crippen LogP contribution in [0.5, 0.6) is 11.5 Å². The quantitative estimate of drug-likeness (QED) is 0.584. The van der Waals surface area contributed by atoms with E-state index in [1.807, 2.05) is 6.07 Å². The van der Waals surface area contributed by atoms with E-state index in [-0.39, 0.29) is 23.6 Å². The second-order valence-corrected chi connectivity index (χ2v) is 8.07. The molecule has 0 aliphatic carbocycles. The Kier molecular flexibility index (Phi) is 6.32. The molecular weight excluding hydrogens is 433 g/mol. The Morgan fingerprint density at radius 3 is 2.32 bits per heavy atom. The third-order valence-electron chi connectivity index (χ3n) is 4.13. The van der Waals surface area contributed by atoms with Crippen molar-refractivity contribution in [2.45, 2.75) is 17.5 Å². The fourth-order valence-corrected chi connectivity index (χ4v) is 3.42. The summed E-state index contributed by atoms with van der Waals surface area (Å²) in [6.45, 7) is 0. The van der Waals surface area contributed by atoms with Crippen molar-refractivity contribution in [1.29, 1.82) is 0 Å². The van der Waals surface area contributed by atoms with Crippen molar-refractivity contribution in [3.63, 3.8) is 0 Å². The SMILES string of the molecule is NS(=O)(=O)c1cc(NC(=O)Cc2ccccc2)ccc1Oc1cccc(C(F)(F)F)c1. The summed E-state index contributed by atoms with van der Waals surface area (Å²) >= 11 is 0. The van der Waals surface area contributed by atoms with Crippen LogP contribution in [0, 0.1) is 0 Å². The molecule has 0 radical (unpaired) electrons. The molecule has 0 heterocycles. The molecule has 0 unspecified atom stereocenters. The molecule has 0 aromatic heterocycles. The van der Waals surface area contributed by atoms with Gasteiger partial charge >= 0.3 is 6.18 Å². The average molecular weight is 450 g/mol. The molecule has 3 N–H and O–H groups in total. The second-order valence-electron chi connectivity index (χ2n) is 6.54.